The lowest BCUT2D eigenvalue weighted by atomic mass is 10.2. The molecule has 5 rings (SSSR count). The van der Waals surface area contributed by atoms with Gasteiger partial charge in [-0.2, -0.15) is 0 Å². The fourth-order valence-corrected chi connectivity index (χ4v) is 4.42. The maximum atomic E-state index is 5.96. The first-order valence-corrected chi connectivity index (χ1v) is 9.39. The lowest BCUT2D eigenvalue weighted by Gasteiger charge is -2.21. The van der Waals surface area contributed by atoms with Gasteiger partial charge >= 0.3 is 0 Å². The van der Waals surface area contributed by atoms with Crippen molar-refractivity contribution in [2.24, 2.45) is 0 Å². The number of benzene rings is 1. The molecule has 5 nitrogen and oxygen atoms in total. The molecule has 0 radical (unpaired) electrons. The van der Waals surface area contributed by atoms with Crippen LogP contribution >= 0.6 is 22.9 Å². The molecular weight excluding hydrogens is 356 g/mol. The van der Waals surface area contributed by atoms with Crippen molar-refractivity contribution in [2.45, 2.75) is 18.9 Å². The fourth-order valence-electron chi connectivity index (χ4n) is 3.34. The summed E-state index contributed by atoms with van der Waals surface area (Å²) < 4.78 is 7.48. The van der Waals surface area contributed by atoms with Crippen LogP contribution in [0.3, 0.4) is 0 Å². The molecule has 0 aliphatic carbocycles. The van der Waals surface area contributed by atoms with Crippen molar-refractivity contribution >= 4 is 33.0 Å². The predicted octanol–water partition coefficient (Wildman–Crippen LogP) is 5.05. The minimum Gasteiger partial charge on any atom is -0.467 e. The maximum absolute atomic E-state index is 5.96. The summed E-state index contributed by atoms with van der Waals surface area (Å²) in [6.45, 7) is 0.992. The molecule has 3 aromatic heterocycles. The van der Waals surface area contributed by atoms with Crippen molar-refractivity contribution in [3.8, 4) is 11.3 Å². The van der Waals surface area contributed by atoms with Crippen molar-refractivity contribution in [2.75, 3.05) is 11.4 Å². The first kappa shape index (κ1) is 15.0. The summed E-state index contributed by atoms with van der Waals surface area (Å²) >= 11 is 7.57. The second-order valence-electron chi connectivity index (χ2n) is 6.11. The van der Waals surface area contributed by atoms with Gasteiger partial charge in [-0.1, -0.05) is 35.1 Å². The van der Waals surface area contributed by atoms with Gasteiger partial charge in [0.05, 0.1) is 24.2 Å². The van der Waals surface area contributed by atoms with E-state index in [4.69, 9.17) is 26.1 Å². The van der Waals surface area contributed by atoms with Gasteiger partial charge in [0, 0.05) is 17.1 Å². The number of halogens is 1. The molecule has 1 atom stereocenters. The summed E-state index contributed by atoms with van der Waals surface area (Å²) in [7, 11) is 0. The van der Waals surface area contributed by atoms with E-state index >= 15 is 0 Å². The van der Waals surface area contributed by atoms with Gasteiger partial charge in [0.25, 0.3) is 0 Å². The molecule has 1 saturated heterocycles. The minimum absolute atomic E-state index is 0.265. The Morgan fingerprint density at radius 2 is 2.08 bits per heavy atom. The van der Waals surface area contributed by atoms with Gasteiger partial charge < -0.3 is 9.32 Å². The van der Waals surface area contributed by atoms with Crippen LogP contribution in [-0.4, -0.2) is 21.1 Å². The fraction of sp³-hybridized carbons (Fsp3) is 0.222. The molecule has 7 heteroatoms. The summed E-state index contributed by atoms with van der Waals surface area (Å²) in [6.07, 6.45) is 5.93. The van der Waals surface area contributed by atoms with Crippen LogP contribution in [-0.2, 0) is 0 Å². The third-order valence-electron chi connectivity index (χ3n) is 4.54. The van der Waals surface area contributed by atoms with E-state index < -0.39 is 0 Å². The Hall–Kier alpha value is -2.31. The Labute approximate surface area is 153 Å². The van der Waals surface area contributed by atoms with Crippen molar-refractivity contribution in [3.63, 3.8) is 0 Å². The third-order valence-corrected chi connectivity index (χ3v) is 5.75. The normalized spacial score (nSPS) is 17.6. The molecule has 0 spiro atoms. The van der Waals surface area contributed by atoms with E-state index in [1.165, 1.54) is 0 Å². The molecule has 1 aromatic carbocycles. The van der Waals surface area contributed by atoms with Gasteiger partial charge in [-0.15, -0.1) is 5.10 Å². The third kappa shape index (κ3) is 2.62. The molecule has 0 amide bonds. The van der Waals surface area contributed by atoms with Crippen molar-refractivity contribution in [3.05, 3.63) is 59.6 Å². The van der Waals surface area contributed by atoms with E-state index in [-0.39, 0.29) is 6.04 Å². The van der Waals surface area contributed by atoms with Gasteiger partial charge in [-0.25, -0.2) is 9.50 Å². The van der Waals surface area contributed by atoms with Gasteiger partial charge in [0.2, 0.25) is 10.1 Å². The maximum Gasteiger partial charge on any atom is 0.214 e. The van der Waals surface area contributed by atoms with Crippen molar-refractivity contribution in [1.29, 1.82) is 0 Å². The Kier molecular flexibility index (Phi) is 3.53. The Bertz CT molecular complexity index is 974. The molecule has 25 heavy (non-hydrogen) atoms. The number of nitrogens with zero attached hydrogens (tertiary/aromatic N) is 4. The van der Waals surface area contributed by atoms with Crippen LogP contribution in [0, 0.1) is 0 Å². The Morgan fingerprint density at radius 3 is 2.84 bits per heavy atom. The number of rotatable bonds is 3. The molecule has 1 aliphatic rings. The SMILES string of the molecule is Clc1ccc(-c2cn3nc(N4CCCC4c4ccco4)sc3n2)cc1. The van der Waals surface area contributed by atoms with E-state index in [0.29, 0.717) is 0 Å². The quantitative estimate of drug-likeness (QED) is 0.506. The summed E-state index contributed by atoms with van der Waals surface area (Å²) in [4.78, 5) is 7.93. The van der Waals surface area contributed by atoms with Crippen LogP contribution in [0.2, 0.25) is 5.02 Å². The monoisotopic (exact) mass is 370 g/mol. The van der Waals surface area contributed by atoms with Crippen molar-refractivity contribution in [1.82, 2.24) is 14.6 Å². The van der Waals surface area contributed by atoms with Gasteiger partial charge in [-0.05, 0) is 37.1 Å². The molecule has 4 heterocycles. The number of hydrogen-bond donors (Lipinski definition) is 0. The van der Waals surface area contributed by atoms with Crippen molar-refractivity contribution < 1.29 is 4.42 Å². The first-order chi connectivity index (χ1) is 12.3. The van der Waals surface area contributed by atoms with E-state index in [9.17, 15) is 0 Å². The second-order valence-corrected chi connectivity index (χ2v) is 7.48. The van der Waals surface area contributed by atoms with Gasteiger partial charge in [-0.3, -0.25) is 0 Å². The zero-order valence-electron chi connectivity index (χ0n) is 13.3. The molecular formula is C18H15ClN4OS. The summed E-state index contributed by atoms with van der Waals surface area (Å²) in [5, 5.41) is 6.46. The van der Waals surface area contributed by atoms with E-state index in [1.807, 2.05) is 47.1 Å². The topological polar surface area (TPSA) is 46.6 Å². The minimum atomic E-state index is 0.265. The second kappa shape index (κ2) is 5.89. The van der Waals surface area contributed by atoms with E-state index in [2.05, 4.69) is 4.90 Å². The smallest absolute Gasteiger partial charge is 0.214 e. The molecule has 126 valence electrons. The van der Waals surface area contributed by atoms with E-state index in [0.717, 1.165) is 51.5 Å². The molecule has 4 aromatic rings. The highest BCUT2D eigenvalue weighted by atomic mass is 35.5. The number of imidazole rings is 1. The molecule has 1 aliphatic heterocycles. The number of anilines is 1. The highest BCUT2D eigenvalue weighted by Crippen LogP contribution is 2.38. The predicted molar refractivity (Wildman–Crippen MR) is 99.3 cm³/mol. The number of aromatic nitrogens is 3. The van der Waals surface area contributed by atoms with Crippen LogP contribution < -0.4 is 4.90 Å². The first-order valence-electron chi connectivity index (χ1n) is 8.20. The molecule has 0 saturated carbocycles. The molecule has 1 unspecified atom stereocenters. The van der Waals surface area contributed by atoms with Gasteiger partial charge in [0.1, 0.15) is 5.76 Å². The lowest BCUT2D eigenvalue weighted by Crippen LogP contribution is -2.22. The van der Waals surface area contributed by atoms with Crippen LogP contribution in [0.25, 0.3) is 16.2 Å². The summed E-state index contributed by atoms with van der Waals surface area (Å²) in [6, 6.07) is 12.0. The average Bonchev–Trinajstić information content (AvgIpc) is 3.36. The van der Waals surface area contributed by atoms with Crippen LogP contribution in [0.1, 0.15) is 24.6 Å². The van der Waals surface area contributed by atoms with Gasteiger partial charge in [0.15, 0.2) is 0 Å². The van der Waals surface area contributed by atoms with Crippen LogP contribution in [0.15, 0.2) is 53.3 Å². The molecule has 0 bridgehead atoms. The zero-order valence-corrected chi connectivity index (χ0v) is 14.9. The largest absolute Gasteiger partial charge is 0.467 e. The number of furan rings is 1. The summed E-state index contributed by atoms with van der Waals surface area (Å²) in [5.74, 6) is 1.01. The standard InChI is InChI=1S/C18H15ClN4OS/c19-13-7-5-12(6-8-13)14-11-23-17(20-14)25-18(21-23)22-9-1-3-15(22)16-4-2-10-24-16/h2,4-8,10-11,15H,1,3,9H2. The molecule has 0 N–H and O–H groups in total. The van der Waals surface area contributed by atoms with E-state index in [1.54, 1.807) is 17.6 Å². The number of fused-ring (bicyclic) bond motifs is 1. The highest BCUT2D eigenvalue weighted by molar-refractivity contribution is 7.20. The number of hydrogen-bond acceptors (Lipinski definition) is 5. The lowest BCUT2D eigenvalue weighted by molar-refractivity contribution is 0.465. The average molecular weight is 371 g/mol. The summed E-state index contributed by atoms with van der Waals surface area (Å²) in [5.41, 5.74) is 1.95. The van der Waals surface area contributed by atoms with Crippen LogP contribution in [0.5, 0.6) is 0 Å². The Balaban J connectivity index is 1.47. The Morgan fingerprint density at radius 1 is 1.20 bits per heavy atom. The van der Waals surface area contributed by atoms with Crippen LogP contribution in [0.4, 0.5) is 5.13 Å². The highest BCUT2D eigenvalue weighted by Gasteiger charge is 2.30. The zero-order chi connectivity index (χ0) is 16.8. The molecule has 1 fully saturated rings.